The van der Waals surface area contributed by atoms with E-state index in [0.717, 1.165) is 11.1 Å². The molecule has 2 aromatic carbocycles. The van der Waals surface area contributed by atoms with E-state index in [1.807, 2.05) is 59.4 Å². The van der Waals surface area contributed by atoms with Gasteiger partial charge in [-0.2, -0.15) is 5.10 Å². The SMILES string of the molecule is O=C1CN(C(=O)/C=C/c2cnn(Cc3ccccc3)c2)c2ccccc2N1. The van der Waals surface area contributed by atoms with Crippen LogP contribution in [0, 0.1) is 0 Å². The van der Waals surface area contributed by atoms with Crippen molar-refractivity contribution in [3.63, 3.8) is 0 Å². The molecule has 0 radical (unpaired) electrons. The summed E-state index contributed by atoms with van der Waals surface area (Å²) in [5.41, 5.74) is 3.33. The Morgan fingerprint density at radius 3 is 2.74 bits per heavy atom. The molecule has 27 heavy (non-hydrogen) atoms. The number of rotatable bonds is 4. The van der Waals surface area contributed by atoms with Crippen LogP contribution in [0.5, 0.6) is 0 Å². The van der Waals surface area contributed by atoms with E-state index in [0.29, 0.717) is 17.9 Å². The van der Waals surface area contributed by atoms with Crippen LogP contribution in [-0.4, -0.2) is 28.1 Å². The zero-order chi connectivity index (χ0) is 18.6. The Hall–Kier alpha value is -3.67. The molecule has 0 aliphatic carbocycles. The van der Waals surface area contributed by atoms with Crippen molar-refractivity contribution in [3.05, 3.63) is 84.2 Å². The maximum absolute atomic E-state index is 12.6. The van der Waals surface area contributed by atoms with Crippen molar-refractivity contribution in [2.24, 2.45) is 0 Å². The lowest BCUT2D eigenvalue weighted by Gasteiger charge is -2.28. The van der Waals surface area contributed by atoms with Crippen molar-refractivity contribution in [3.8, 4) is 0 Å². The maximum atomic E-state index is 12.6. The van der Waals surface area contributed by atoms with Crippen LogP contribution in [0.4, 0.5) is 11.4 Å². The van der Waals surface area contributed by atoms with E-state index in [4.69, 9.17) is 0 Å². The molecule has 6 nitrogen and oxygen atoms in total. The van der Waals surface area contributed by atoms with Crippen LogP contribution in [-0.2, 0) is 16.1 Å². The molecule has 1 aliphatic heterocycles. The minimum atomic E-state index is -0.242. The van der Waals surface area contributed by atoms with Gasteiger partial charge < -0.3 is 5.32 Å². The van der Waals surface area contributed by atoms with Crippen molar-refractivity contribution in [2.75, 3.05) is 16.8 Å². The zero-order valence-corrected chi connectivity index (χ0v) is 14.6. The highest BCUT2D eigenvalue weighted by Crippen LogP contribution is 2.29. The van der Waals surface area contributed by atoms with E-state index in [-0.39, 0.29) is 18.4 Å². The summed E-state index contributed by atoms with van der Waals surface area (Å²) in [5, 5.41) is 7.10. The Balaban J connectivity index is 1.47. The quantitative estimate of drug-likeness (QED) is 0.729. The molecule has 134 valence electrons. The molecule has 1 aromatic heterocycles. The fourth-order valence-corrected chi connectivity index (χ4v) is 3.01. The molecule has 4 rings (SSSR count). The van der Waals surface area contributed by atoms with Gasteiger partial charge in [0.05, 0.1) is 24.1 Å². The number of fused-ring (bicyclic) bond motifs is 1. The first-order chi connectivity index (χ1) is 13.2. The smallest absolute Gasteiger partial charge is 0.251 e. The molecule has 0 saturated heterocycles. The van der Waals surface area contributed by atoms with E-state index in [2.05, 4.69) is 10.4 Å². The standard InChI is InChI=1S/C21H18N4O2/c26-20-15-25(19-9-5-4-8-18(19)23-20)21(27)11-10-17-12-22-24(14-17)13-16-6-2-1-3-7-16/h1-12,14H,13,15H2,(H,23,26)/b11-10+. The summed E-state index contributed by atoms with van der Waals surface area (Å²) in [6, 6.07) is 17.3. The van der Waals surface area contributed by atoms with E-state index >= 15 is 0 Å². The second-order valence-electron chi connectivity index (χ2n) is 6.28. The third-order valence-electron chi connectivity index (χ3n) is 4.30. The van der Waals surface area contributed by atoms with Gasteiger partial charge in [-0.3, -0.25) is 19.2 Å². The lowest BCUT2D eigenvalue weighted by atomic mass is 10.2. The van der Waals surface area contributed by atoms with Gasteiger partial charge in [0.1, 0.15) is 6.54 Å². The van der Waals surface area contributed by atoms with E-state index in [1.165, 1.54) is 11.0 Å². The highest BCUT2D eigenvalue weighted by atomic mass is 16.2. The van der Waals surface area contributed by atoms with Gasteiger partial charge in [0.15, 0.2) is 0 Å². The van der Waals surface area contributed by atoms with Gasteiger partial charge in [-0.25, -0.2) is 0 Å². The molecule has 3 aromatic rings. The largest absolute Gasteiger partial charge is 0.323 e. The summed E-state index contributed by atoms with van der Waals surface area (Å²) >= 11 is 0. The number of para-hydroxylation sites is 2. The number of amides is 2. The second-order valence-corrected chi connectivity index (χ2v) is 6.28. The molecule has 0 atom stereocenters. The number of hydrogen-bond acceptors (Lipinski definition) is 3. The maximum Gasteiger partial charge on any atom is 0.251 e. The molecular formula is C21H18N4O2. The summed E-state index contributed by atoms with van der Waals surface area (Å²) < 4.78 is 1.82. The minimum Gasteiger partial charge on any atom is -0.323 e. The molecule has 6 heteroatoms. The first-order valence-corrected chi connectivity index (χ1v) is 8.64. The van der Waals surface area contributed by atoms with Gasteiger partial charge in [0.25, 0.3) is 5.91 Å². The van der Waals surface area contributed by atoms with E-state index < -0.39 is 0 Å². The van der Waals surface area contributed by atoms with Gasteiger partial charge in [-0.05, 0) is 23.8 Å². The molecular weight excluding hydrogens is 340 g/mol. The Morgan fingerprint density at radius 1 is 1.11 bits per heavy atom. The Morgan fingerprint density at radius 2 is 1.89 bits per heavy atom. The molecule has 0 spiro atoms. The van der Waals surface area contributed by atoms with Gasteiger partial charge in [-0.1, -0.05) is 42.5 Å². The fraction of sp³-hybridized carbons (Fsp3) is 0.0952. The predicted octanol–water partition coefficient (Wildman–Crippen LogP) is 2.93. The Labute approximate surface area is 156 Å². The molecule has 2 amide bonds. The monoisotopic (exact) mass is 358 g/mol. The zero-order valence-electron chi connectivity index (χ0n) is 14.6. The number of nitrogens with one attached hydrogen (secondary N) is 1. The first kappa shape index (κ1) is 16.8. The molecule has 1 N–H and O–H groups in total. The summed E-state index contributed by atoms with van der Waals surface area (Å²) in [7, 11) is 0. The third-order valence-corrected chi connectivity index (χ3v) is 4.30. The average molecular weight is 358 g/mol. The summed E-state index contributed by atoms with van der Waals surface area (Å²) in [4.78, 5) is 25.9. The van der Waals surface area contributed by atoms with E-state index in [1.54, 1.807) is 18.3 Å². The van der Waals surface area contributed by atoms with Crippen LogP contribution in [0.3, 0.4) is 0 Å². The number of benzene rings is 2. The highest BCUT2D eigenvalue weighted by Gasteiger charge is 2.25. The normalized spacial score (nSPS) is 13.5. The number of carbonyl (C=O) groups excluding carboxylic acids is 2. The summed E-state index contributed by atoms with van der Waals surface area (Å²) in [6.07, 6.45) is 6.78. The van der Waals surface area contributed by atoms with Gasteiger partial charge in [0, 0.05) is 17.8 Å². The number of anilines is 2. The highest BCUT2D eigenvalue weighted by molar-refractivity contribution is 6.13. The molecule has 2 heterocycles. The summed E-state index contributed by atoms with van der Waals surface area (Å²) in [5.74, 6) is -0.445. The number of hydrogen-bond donors (Lipinski definition) is 1. The third kappa shape index (κ3) is 3.79. The second kappa shape index (κ2) is 7.29. The first-order valence-electron chi connectivity index (χ1n) is 8.64. The number of nitrogens with zero attached hydrogens (tertiary/aromatic N) is 3. The molecule has 0 saturated carbocycles. The van der Waals surface area contributed by atoms with Crippen molar-refractivity contribution < 1.29 is 9.59 Å². The van der Waals surface area contributed by atoms with Crippen molar-refractivity contribution in [1.29, 1.82) is 0 Å². The minimum absolute atomic E-state index is 0.00740. The fourth-order valence-electron chi connectivity index (χ4n) is 3.01. The van der Waals surface area contributed by atoms with Crippen molar-refractivity contribution in [2.45, 2.75) is 6.54 Å². The van der Waals surface area contributed by atoms with Crippen LogP contribution < -0.4 is 10.2 Å². The van der Waals surface area contributed by atoms with Crippen LogP contribution in [0.25, 0.3) is 6.08 Å². The van der Waals surface area contributed by atoms with Crippen LogP contribution in [0.2, 0.25) is 0 Å². The molecule has 0 unspecified atom stereocenters. The number of aromatic nitrogens is 2. The van der Waals surface area contributed by atoms with Crippen LogP contribution >= 0.6 is 0 Å². The Bertz CT molecular complexity index is 1010. The molecule has 1 aliphatic rings. The lowest BCUT2D eigenvalue weighted by Crippen LogP contribution is -2.41. The van der Waals surface area contributed by atoms with Gasteiger partial charge in [-0.15, -0.1) is 0 Å². The van der Waals surface area contributed by atoms with Gasteiger partial charge in [0.2, 0.25) is 5.91 Å². The molecule has 0 bridgehead atoms. The number of carbonyl (C=O) groups is 2. The van der Waals surface area contributed by atoms with Crippen molar-refractivity contribution in [1.82, 2.24) is 9.78 Å². The summed E-state index contributed by atoms with van der Waals surface area (Å²) in [6.45, 7) is 0.676. The van der Waals surface area contributed by atoms with Crippen molar-refractivity contribution >= 4 is 29.3 Å². The van der Waals surface area contributed by atoms with Crippen LogP contribution in [0.15, 0.2) is 73.1 Å². The van der Waals surface area contributed by atoms with Crippen LogP contribution in [0.1, 0.15) is 11.1 Å². The lowest BCUT2D eigenvalue weighted by molar-refractivity contribution is -0.119. The Kier molecular flexibility index (Phi) is 4.53. The van der Waals surface area contributed by atoms with E-state index in [9.17, 15) is 9.59 Å². The predicted molar refractivity (Wildman–Crippen MR) is 104 cm³/mol. The molecule has 0 fully saturated rings. The average Bonchev–Trinajstić information content (AvgIpc) is 3.13. The topological polar surface area (TPSA) is 67.2 Å². The van der Waals surface area contributed by atoms with Gasteiger partial charge >= 0.3 is 0 Å².